The Balaban J connectivity index is 2.74. The van der Waals surface area contributed by atoms with Gasteiger partial charge in [0, 0.05) is 12.1 Å². The molecule has 0 aliphatic carbocycles. The van der Waals surface area contributed by atoms with Gasteiger partial charge in [0.05, 0.1) is 14.2 Å². The van der Waals surface area contributed by atoms with Gasteiger partial charge in [-0.2, -0.15) is 4.57 Å². The number of pyridine rings is 1. The van der Waals surface area contributed by atoms with Gasteiger partial charge in [-0.25, -0.2) is 9.59 Å². The molecule has 1 N–H and O–H groups in total. The van der Waals surface area contributed by atoms with Crippen molar-refractivity contribution in [2.45, 2.75) is 6.04 Å². The van der Waals surface area contributed by atoms with Crippen molar-refractivity contribution in [1.29, 1.82) is 0 Å². The first-order valence-corrected chi connectivity index (χ1v) is 6.11. The lowest BCUT2D eigenvalue weighted by Crippen LogP contribution is -2.45. The molecule has 0 radical (unpaired) electrons. The number of rotatable bonds is 4. The van der Waals surface area contributed by atoms with E-state index < -0.39 is 30.4 Å². The Labute approximate surface area is 120 Å². The van der Waals surface area contributed by atoms with Crippen molar-refractivity contribution in [3.8, 4) is 0 Å². The summed E-state index contributed by atoms with van der Waals surface area (Å²) in [5, 5.41) is 9.12. The Hall–Kier alpha value is -2.54. The summed E-state index contributed by atoms with van der Waals surface area (Å²) in [5.41, 5.74) is 0.197. The molecule has 0 bridgehead atoms. The van der Waals surface area contributed by atoms with Crippen LogP contribution in [-0.4, -0.2) is 43.7 Å². The number of carbonyl (C=O) groups is 3. The molecular formula is C14H14NO6+. The average molecular weight is 292 g/mol. The molecule has 0 saturated heterocycles. The zero-order chi connectivity index (χ0) is 15.6. The van der Waals surface area contributed by atoms with Crippen LogP contribution in [0.4, 0.5) is 0 Å². The molecule has 0 saturated carbocycles. The monoisotopic (exact) mass is 292 g/mol. The van der Waals surface area contributed by atoms with Gasteiger partial charge in [0.15, 0.2) is 6.20 Å². The van der Waals surface area contributed by atoms with Gasteiger partial charge in [0.25, 0.3) is 6.04 Å². The molecule has 7 nitrogen and oxygen atoms in total. The molecule has 7 heteroatoms. The number of methoxy groups -OCH3 is 2. The Morgan fingerprint density at radius 2 is 1.86 bits per heavy atom. The van der Waals surface area contributed by atoms with Crippen LogP contribution >= 0.6 is 0 Å². The minimum atomic E-state index is -1.10. The maximum absolute atomic E-state index is 12.0. The number of hydrogen-bond acceptors (Lipinski definition) is 6. The molecule has 0 amide bonds. The van der Waals surface area contributed by atoms with Crippen molar-refractivity contribution < 1.29 is 33.5 Å². The molecule has 1 aliphatic heterocycles. The Morgan fingerprint density at radius 1 is 1.19 bits per heavy atom. The van der Waals surface area contributed by atoms with Crippen LogP contribution in [0.25, 0.3) is 5.57 Å². The number of aliphatic hydroxyl groups is 1. The van der Waals surface area contributed by atoms with Gasteiger partial charge in [-0.3, -0.25) is 4.79 Å². The third kappa shape index (κ3) is 2.31. The Bertz CT molecular complexity index is 649. The second-order valence-corrected chi connectivity index (χ2v) is 4.29. The zero-order valence-corrected chi connectivity index (χ0v) is 11.5. The van der Waals surface area contributed by atoms with Gasteiger partial charge in [-0.1, -0.05) is 0 Å². The third-order valence-electron chi connectivity index (χ3n) is 3.22. The van der Waals surface area contributed by atoms with Crippen LogP contribution in [-0.2, 0) is 23.9 Å². The predicted octanol–water partition coefficient (Wildman–Crippen LogP) is -0.810. The first kappa shape index (κ1) is 14.9. The fourth-order valence-corrected chi connectivity index (χ4v) is 2.35. The van der Waals surface area contributed by atoms with Crippen molar-refractivity contribution in [2.75, 3.05) is 20.8 Å². The van der Waals surface area contributed by atoms with Crippen molar-refractivity contribution in [1.82, 2.24) is 0 Å². The summed E-state index contributed by atoms with van der Waals surface area (Å²) < 4.78 is 10.8. The number of aliphatic hydroxyl groups excluding tert-OH is 1. The molecule has 1 atom stereocenters. The fourth-order valence-electron chi connectivity index (χ4n) is 2.35. The van der Waals surface area contributed by atoms with E-state index >= 15 is 0 Å². The van der Waals surface area contributed by atoms with Crippen molar-refractivity contribution >= 4 is 23.3 Å². The number of Topliss-reactive ketones (excluding diaryl/α,β-unsaturated/α-hetero) is 1. The quantitative estimate of drug-likeness (QED) is 0.576. The van der Waals surface area contributed by atoms with E-state index in [0.717, 1.165) is 7.11 Å². The number of esters is 2. The SMILES string of the molecule is COC(=O)C1=C(C(=O)OC)C(C(=O)CO)[n+]2ccccc21. The summed E-state index contributed by atoms with van der Waals surface area (Å²) >= 11 is 0. The summed E-state index contributed by atoms with van der Waals surface area (Å²) in [6.07, 6.45) is 1.55. The number of ketones is 1. The molecule has 2 rings (SSSR count). The number of ether oxygens (including phenoxy) is 2. The highest BCUT2D eigenvalue weighted by atomic mass is 16.5. The van der Waals surface area contributed by atoms with Crippen molar-refractivity contribution in [3.63, 3.8) is 0 Å². The van der Waals surface area contributed by atoms with E-state index in [0.29, 0.717) is 5.69 Å². The van der Waals surface area contributed by atoms with Crippen LogP contribution in [0.15, 0.2) is 30.0 Å². The van der Waals surface area contributed by atoms with Gasteiger partial charge >= 0.3 is 11.9 Å². The van der Waals surface area contributed by atoms with Gasteiger partial charge in [-0.15, -0.1) is 0 Å². The molecule has 0 spiro atoms. The normalized spacial score (nSPS) is 16.4. The van der Waals surface area contributed by atoms with E-state index in [2.05, 4.69) is 9.47 Å². The Morgan fingerprint density at radius 3 is 2.43 bits per heavy atom. The summed E-state index contributed by atoms with van der Waals surface area (Å²) in [7, 11) is 2.33. The van der Waals surface area contributed by atoms with Gasteiger partial charge in [-0.05, 0) is 6.07 Å². The van der Waals surface area contributed by atoms with E-state index in [1.807, 2.05) is 0 Å². The lowest BCUT2D eigenvalue weighted by atomic mass is 10.0. The number of fused-ring (bicyclic) bond motifs is 1. The number of hydrogen-bond donors (Lipinski definition) is 1. The predicted molar refractivity (Wildman–Crippen MR) is 68.7 cm³/mol. The van der Waals surface area contributed by atoms with Gasteiger partial charge in [0.2, 0.25) is 11.5 Å². The minimum absolute atomic E-state index is 0.0308. The minimum Gasteiger partial charge on any atom is -0.465 e. The summed E-state index contributed by atoms with van der Waals surface area (Å²) in [6, 6.07) is 3.79. The van der Waals surface area contributed by atoms with E-state index in [4.69, 9.17) is 5.11 Å². The first-order valence-electron chi connectivity index (χ1n) is 6.11. The number of nitrogens with zero attached hydrogens (tertiary/aromatic N) is 1. The topological polar surface area (TPSA) is 93.8 Å². The molecule has 0 fully saturated rings. The fraction of sp³-hybridized carbons (Fsp3) is 0.286. The van der Waals surface area contributed by atoms with Gasteiger partial charge in [0.1, 0.15) is 17.8 Å². The van der Waals surface area contributed by atoms with Crippen LogP contribution in [0.3, 0.4) is 0 Å². The average Bonchev–Trinajstić information content (AvgIpc) is 2.87. The maximum Gasteiger partial charge on any atom is 0.345 e. The summed E-state index contributed by atoms with van der Waals surface area (Å²) in [4.78, 5) is 36.0. The molecule has 21 heavy (non-hydrogen) atoms. The van der Waals surface area contributed by atoms with Crippen LogP contribution in [0.2, 0.25) is 0 Å². The standard InChI is InChI=1S/C14H14NO6/c1-20-13(18)10-8-5-3-4-6-15(8)12(9(17)7-16)11(10)14(19)21-2/h3-6,12,16H,7H2,1-2H3/q+1. The van der Waals surface area contributed by atoms with E-state index in [-0.39, 0.29) is 11.1 Å². The third-order valence-corrected chi connectivity index (χ3v) is 3.22. The maximum atomic E-state index is 12.0. The van der Waals surface area contributed by atoms with E-state index in [1.165, 1.54) is 11.7 Å². The highest BCUT2D eigenvalue weighted by molar-refractivity contribution is 6.24. The first-order chi connectivity index (χ1) is 10.1. The number of carbonyl (C=O) groups excluding carboxylic acids is 3. The summed E-state index contributed by atoms with van der Waals surface area (Å²) in [5.74, 6) is -2.18. The van der Waals surface area contributed by atoms with Crippen molar-refractivity contribution in [2.24, 2.45) is 0 Å². The van der Waals surface area contributed by atoms with Crippen LogP contribution in [0, 0.1) is 0 Å². The van der Waals surface area contributed by atoms with Crippen LogP contribution in [0.1, 0.15) is 11.7 Å². The molecule has 1 aromatic rings. The lowest BCUT2D eigenvalue weighted by molar-refractivity contribution is -0.697. The smallest absolute Gasteiger partial charge is 0.345 e. The zero-order valence-electron chi connectivity index (χ0n) is 11.5. The molecule has 1 unspecified atom stereocenters. The second-order valence-electron chi connectivity index (χ2n) is 4.29. The molecule has 0 aromatic carbocycles. The lowest BCUT2D eigenvalue weighted by Gasteiger charge is -2.07. The summed E-state index contributed by atoms with van der Waals surface area (Å²) in [6.45, 7) is -0.763. The molecular weight excluding hydrogens is 278 g/mol. The largest absolute Gasteiger partial charge is 0.465 e. The van der Waals surface area contributed by atoms with Crippen molar-refractivity contribution in [3.05, 3.63) is 35.7 Å². The Kier molecular flexibility index (Phi) is 4.13. The molecule has 2 heterocycles. The van der Waals surface area contributed by atoms with Crippen LogP contribution in [0.5, 0.6) is 0 Å². The highest BCUT2D eigenvalue weighted by Gasteiger charge is 2.49. The number of aromatic nitrogens is 1. The van der Waals surface area contributed by atoms with Gasteiger partial charge < -0.3 is 14.6 Å². The molecule has 110 valence electrons. The van der Waals surface area contributed by atoms with Crippen LogP contribution < -0.4 is 4.57 Å². The van der Waals surface area contributed by atoms with E-state index in [9.17, 15) is 14.4 Å². The highest BCUT2D eigenvalue weighted by Crippen LogP contribution is 2.32. The van der Waals surface area contributed by atoms with E-state index in [1.54, 1.807) is 24.4 Å². The molecule has 1 aliphatic rings. The second kappa shape index (κ2) is 5.84. The molecule has 1 aromatic heterocycles.